The number of thioether (sulfide) groups is 1. The van der Waals surface area contributed by atoms with Crippen LogP contribution >= 0.6 is 11.8 Å². The highest BCUT2D eigenvalue weighted by molar-refractivity contribution is 7.99. The molecule has 1 aromatic carbocycles. The number of carboxylic acid groups (broad SMARTS) is 1. The largest absolute Gasteiger partial charge is 0.480 e. The Hall–Kier alpha value is -2.41. The van der Waals surface area contributed by atoms with Gasteiger partial charge in [-0.25, -0.2) is 13.4 Å². The van der Waals surface area contributed by atoms with Gasteiger partial charge in [0.15, 0.2) is 5.16 Å². The van der Waals surface area contributed by atoms with Gasteiger partial charge >= 0.3 is 5.97 Å². The molecule has 1 aliphatic rings. The molecule has 0 radical (unpaired) electrons. The summed E-state index contributed by atoms with van der Waals surface area (Å²) in [5, 5.41) is 15.8. The smallest absolute Gasteiger partial charge is 0.323 e. The summed E-state index contributed by atoms with van der Waals surface area (Å²) < 4.78 is 26.8. The lowest BCUT2D eigenvalue weighted by molar-refractivity contribution is -0.138. The van der Waals surface area contributed by atoms with Crippen molar-refractivity contribution in [2.24, 2.45) is 5.92 Å². The number of hydrogen-bond acceptors (Lipinski definition) is 7. The van der Waals surface area contributed by atoms with Crippen molar-refractivity contribution in [2.75, 3.05) is 25.4 Å². The number of piperidine rings is 1. The fourth-order valence-corrected chi connectivity index (χ4v) is 5.47. The van der Waals surface area contributed by atoms with Crippen molar-refractivity contribution in [3.8, 4) is 0 Å². The molecule has 174 valence electrons. The molecule has 5 N–H and O–H groups in total. The minimum absolute atomic E-state index is 0.0581. The van der Waals surface area contributed by atoms with E-state index in [-0.39, 0.29) is 10.6 Å². The number of benzene rings is 1. The summed E-state index contributed by atoms with van der Waals surface area (Å²) in [5.74, 6) is -0.368. The molecule has 0 aliphatic carbocycles. The predicted molar refractivity (Wildman–Crippen MR) is 120 cm³/mol. The third-order valence-corrected chi connectivity index (χ3v) is 7.54. The normalized spacial score (nSPS) is 15.9. The number of H-pyrrole nitrogens is 1. The summed E-state index contributed by atoms with van der Waals surface area (Å²) in [6, 6.07) is 5.91. The van der Waals surface area contributed by atoms with Crippen LogP contribution < -0.4 is 15.4 Å². The number of sulfonamides is 1. The molecular formula is C20H27N5O5S2. The second kappa shape index (κ2) is 11.5. The van der Waals surface area contributed by atoms with Crippen LogP contribution in [0.2, 0.25) is 0 Å². The molecule has 0 bridgehead atoms. The average molecular weight is 482 g/mol. The van der Waals surface area contributed by atoms with Gasteiger partial charge in [0.05, 0.1) is 11.1 Å². The number of aliphatic carboxylic acids is 1. The summed E-state index contributed by atoms with van der Waals surface area (Å²) in [6.45, 7) is 1.69. The van der Waals surface area contributed by atoms with Crippen molar-refractivity contribution >= 4 is 33.7 Å². The molecule has 10 nitrogen and oxygen atoms in total. The monoisotopic (exact) mass is 481 g/mol. The molecule has 1 saturated heterocycles. The first-order chi connectivity index (χ1) is 15.3. The van der Waals surface area contributed by atoms with Crippen LogP contribution in [-0.4, -0.2) is 66.8 Å². The number of nitrogens with one attached hydrogen (secondary N) is 4. The predicted octanol–water partition coefficient (Wildman–Crippen LogP) is 1.05. The van der Waals surface area contributed by atoms with Crippen molar-refractivity contribution in [2.45, 2.75) is 35.4 Å². The number of nitrogens with zero attached hydrogens (tertiary/aromatic N) is 1. The second-order valence-electron chi connectivity index (χ2n) is 7.47. The summed E-state index contributed by atoms with van der Waals surface area (Å²) in [5.41, 5.74) is 0.185. The number of rotatable bonds is 11. The summed E-state index contributed by atoms with van der Waals surface area (Å²) in [6.07, 6.45) is 4.80. The minimum Gasteiger partial charge on any atom is -0.480 e. The zero-order valence-corrected chi connectivity index (χ0v) is 19.0. The fraction of sp³-hybridized carbons (Fsp3) is 0.450. The summed E-state index contributed by atoms with van der Waals surface area (Å²) >= 11 is 1.53. The van der Waals surface area contributed by atoms with Crippen molar-refractivity contribution in [1.29, 1.82) is 0 Å². The van der Waals surface area contributed by atoms with E-state index in [9.17, 15) is 23.1 Å². The van der Waals surface area contributed by atoms with Gasteiger partial charge in [-0.15, -0.1) is 0 Å². The Morgan fingerprint density at radius 3 is 2.62 bits per heavy atom. The van der Waals surface area contributed by atoms with Gasteiger partial charge in [-0.3, -0.25) is 9.59 Å². The SMILES string of the molecule is O=C(NC[C@H](NS(=O)(=O)c1ccccc1)C(=O)O)c1cnc(SCCC2CCNCC2)[nH]1. The Bertz CT molecular complexity index is 1010. The van der Waals surface area contributed by atoms with Crippen molar-refractivity contribution in [1.82, 2.24) is 25.3 Å². The van der Waals surface area contributed by atoms with E-state index >= 15 is 0 Å². The standard InChI is InChI=1S/C20H27N5O5S2/c26-18(16-12-23-20(24-16)31-11-8-14-6-9-21-10-7-14)22-13-17(19(27)28)25-32(29,30)15-4-2-1-3-5-15/h1-5,12,14,17,21,25H,6-11,13H2,(H,22,26)(H,23,24)(H,27,28)/t17-/m0/s1. The van der Waals surface area contributed by atoms with E-state index in [0.29, 0.717) is 11.1 Å². The molecule has 1 atom stereocenters. The molecule has 3 rings (SSSR count). The summed E-state index contributed by atoms with van der Waals surface area (Å²) in [7, 11) is -4.04. The molecule has 0 spiro atoms. The van der Waals surface area contributed by atoms with Gasteiger partial charge in [0.1, 0.15) is 11.7 Å². The highest BCUT2D eigenvalue weighted by atomic mass is 32.2. The number of aromatic nitrogens is 2. The van der Waals surface area contributed by atoms with E-state index in [0.717, 1.165) is 25.3 Å². The molecule has 2 heterocycles. The zero-order chi connectivity index (χ0) is 23.0. The number of carbonyl (C=O) groups is 2. The molecule has 1 aromatic heterocycles. The number of carboxylic acids is 1. The zero-order valence-electron chi connectivity index (χ0n) is 17.4. The van der Waals surface area contributed by atoms with Crippen LogP contribution in [-0.2, 0) is 14.8 Å². The van der Waals surface area contributed by atoms with Gasteiger partial charge in [0.2, 0.25) is 10.0 Å². The number of imidazole rings is 1. The molecule has 1 fully saturated rings. The minimum atomic E-state index is -4.04. The maximum atomic E-state index is 12.4. The van der Waals surface area contributed by atoms with E-state index in [1.54, 1.807) is 6.07 Å². The van der Waals surface area contributed by atoms with Crippen LogP contribution in [0.15, 0.2) is 46.6 Å². The van der Waals surface area contributed by atoms with E-state index in [1.165, 1.54) is 55.1 Å². The average Bonchev–Trinajstić information content (AvgIpc) is 3.26. The van der Waals surface area contributed by atoms with Gasteiger partial charge < -0.3 is 20.7 Å². The maximum absolute atomic E-state index is 12.4. The van der Waals surface area contributed by atoms with Crippen molar-refractivity contribution in [3.63, 3.8) is 0 Å². The first kappa shape index (κ1) is 24.2. The second-order valence-corrected chi connectivity index (χ2v) is 10.3. The van der Waals surface area contributed by atoms with Crippen LogP contribution in [0, 0.1) is 5.92 Å². The van der Waals surface area contributed by atoms with Crippen LogP contribution in [0.4, 0.5) is 0 Å². The Balaban J connectivity index is 1.49. The molecule has 2 aromatic rings. The van der Waals surface area contributed by atoms with Gasteiger partial charge in [0.25, 0.3) is 5.91 Å². The number of carbonyl (C=O) groups excluding carboxylic acids is 1. The van der Waals surface area contributed by atoms with Crippen molar-refractivity contribution < 1.29 is 23.1 Å². The Morgan fingerprint density at radius 2 is 1.94 bits per heavy atom. The van der Waals surface area contributed by atoms with Crippen molar-refractivity contribution in [3.05, 3.63) is 42.2 Å². The molecule has 0 saturated carbocycles. The third kappa shape index (κ3) is 7.05. The molecule has 0 unspecified atom stereocenters. The summed E-state index contributed by atoms with van der Waals surface area (Å²) in [4.78, 5) is 30.9. The lowest BCUT2D eigenvalue weighted by Gasteiger charge is -2.21. The van der Waals surface area contributed by atoms with Crippen LogP contribution in [0.3, 0.4) is 0 Å². The van der Waals surface area contributed by atoms with E-state index in [4.69, 9.17) is 0 Å². The van der Waals surface area contributed by atoms with Crippen LogP contribution in [0.1, 0.15) is 29.8 Å². The van der Waals surface area contributed by atoms with Gasteiger partial charge in [-0.1, -0.05) is 30.0 Å². The molecule has 32 heavy (non-hydrogen) atoms. The molecule has 12 heteroatoms. The molecular weight excluding hydrogens is 454 g/mol. The number of aromatic amines is 1. The van der Waals surface area contributed by atoms with E-state index < -0.39 is 34.5 Å². The maximum Gasteiger partial charge on any atom is 0.323 e. The number of amides is 1. The van der Waals surface area contributed by atoms with Crippen LogP contribution in [0.5, 0.6) is 0 Å². The third-order valence-electron chi connectivity index (χ3n) is 5.14. The molecule has 1 amide bonds. The van der Waals surface area contributed by atoms with Gasteiger partial charge in [-0.2, -0.15) is 4.72 Å². The highest BCUT2D eigenvalue weighted by Crippen LogP contribution is 2.22. The first-order valence-corrected chi connectivity index (χ1v) is 12.8. The molecule has 1 aliphatic heterocycles. The lowest BCUT2D eigenvalue weighted by atomic mass is 9.96. The Morgan fingerprint density at radius 1 is 1.22 bits per heavy atom. The Labute approximate surface area is 191 Å². The lowest BCUT2D eigenvalue weighted by Crippen LogP contribution is -2.48. The Kier molecular flexibility index (Phi) is 8.67. The highest BCUT2D eigenvalue weighted by Gasteiger charge is 2.26. The van der Waals surface area contributed by atoms with E-state index in [2.05, 4.69) is 25.3 Å². The topological polar surface area (TPSA) is 153 Å². The van der Waals surface area contributed by atoms with E-state index in [1.807, 2.05) is 0 Å². The van der Waals surface area contributed by atoms with Gasteiger partial charge in [-0.05, 0) is 50.4 Å². The quantitative estimate of drug-likeness (QED) is 0.299. The first-order valence-electron chi connectivity index (χ1n) is 10.3. The number of hydrogen-bond donors (Lipinski definition) is 5. The van der Waals surface area contributed by atoms with Gasteiger partial charge in [0, 0.05) is 12.3 Å². The van der Waals surface area contributed by atoms with Crippen LogP contribution in [0.25, 0.3) is 0 Å². The fourth-order valence-electron chi connectivity index (χ4n) is 3.31.